The highest BCUT2D eigenvalue weighted by Gasteiger charge is 2.39. The highest BCUT2D eigenvalue weighted by molar-refractivity contribution is 5.93. The summed E-state index contributed by atoms with van der Waals surface area (Å²) in [5.41, 5.74) is 4.53. The molecule has 3 aliphatic rings. The Kier molecular flexibility index (Phi) is 6.30. The van der Waals surface area contributed by atoms with Gasteiger partial charge in [-0.1, -0.05) is 30.7 Å². The van der Waals surface area contributed by atoms with E-state index in [1.54, 1.807) is 0 Å². The summed E-state index contributed by atoms with van der Waals surface area (Å²) in [5, 5.41) is 10.9. The van der Waals surface area contributed by atoms with Crippen LogP contribution in [0.3, 0.4) is 0 Å². The number of rotatable bonds is 5. The number of urea groups is 1. The van der Waals surface area contributed by atoms with Crippen LogP contribution >= 0.6 is 0 Å². The molecular formula is C30H37N5O. The normalized spacial score (nSPS) is 25.5. The minimum atomic E-state index is -0.110. The van der Waals surface area contributed by atoms with E-state index in [2.05, 4.69) is 65.0 Å². The van der Waals surface area contributed by atoms with Gasteiger partial charge in [0.05, 0.1) is 11.6 Å². The predicted octanol–water partition coefficient (Wildman–Crippen LogP) is 6.25. The third kappa shape index (κ3) is 4.66. The van der Waals surface area contributed by atoms with Crippen LogP contribution in [0.4, 0.5) is 16.3 Å². The van der Waals surface area contributed by atoms with Gasteiger partial charge in [0.2, 0.25) is 0 Å². The minimum Gasteiger partial charge on any atom is -0.363 e. The SMILES string of the molecule is CC(C)N1C2CCCC1CC(NC(=O)Nc1ccc3nc(NC4CCc5ccccc54)ccc3c1)C2. The van der Waals surface area contributed by atoms with Crippen LogP contribution < -0.4 is 16.0 Å². The number of carbonyl (C=O) groups is 1. The Morgan fingerprint density at radius 1 is 1.00 bits per heavy atom. The molecule has 2 aliphatic heterocycles. The molecule has 3 unspecified atom stereocenters. The number of hydrogen-bond acceptors (Lipinski definition) is 4. The van der Waals surface area contributed by atoms with Crippen molar-refractivity contribution in [2.24, 2.45) is 0 Å². The van der Waals surface area contributed by atoms with Gasteiger partial charge in [0.15, 0.2) is 0 Å². The Morgan fingerprint density at radius 3 is 2.61 bits per heavy atom. The molecule has 3 aromatic rings. The molecule has 6 rings (SSSR count). The molecular weight excluding hydrogens is 446 g/mol. The summed E-state index contributed by atoms with van der Waals surface area (Å²) in [6.07, 6.45) is 8.10. The summed E-state index contributed by atoms with van der Waals surface area (Å²) in [6.45, 7) is 4.60. The number of fused-ring (bicyclic) bond motifs is 4. The smallest absolute Gasteiger partial charge is 0.319 e. The standard InChI is InChI=1S/C30H37N5O/c1-19(2)35-24-7-5-8-25(35)18-23(17-24)32-30(36)31-22-12-14-27-21(16-22)11-15-29(33-27)34-28-13-10-20-6-3-4-9-26(20)28/h3-4,6,9,11-12,14-16,19,23-25,28H,5,7-8,10,13,17-18H2,1-2H3,(H,33,34)(H2,31,32,36). The van der Waals surface area contributed by atoms with Crippen molar-refractivity contribution in [2.75, 3.05) is 10.6 Å². The number of amides is 2. The van der Waals surface area contributed by atoms with Crippen LogP contribution in [-0.2, 0) is 6.42 Å². The summed E-state index contributed by atoms with van der Waals surface area (Å²) in [4.78, 5) is 20.4. The molecule has 6 nitrogen and oxygen atoms in total. The van der Waals surface area contributed by atoms with Gasteiger partial charge in [-0.2, -0.15) is 0 Å². The molecule has 1 aromatic heterocycles. The van der Waals surface area contributed by atoms with Gasteiger partial charge in [-0.25, -0.2) is 9.78 Å². The molecule has 2 fully saturated rings. The number of nitrogens with one attached hydrogen (secondary N) is 3. The van der Waals surface area contributed by atoms with Crippen LogP contribution in [0.25, 0.3) is 10.9 Å². The Bertz CT molecular complexity index is 1240. The van der Waals surface area contributed by atoms with E-state index in [9.17, 15) is 4.79 Å². The lowest BCUT2D eigenvalue weighted by molar-refractivity contribution is 0.00233. The molecule has 0 spiro atoms. The summed E-state index contributed by atoms with van der Waals surface area (Å²) >= 11 is 0. The van der Waals surface area contributed by atoms with Crippen LogP contribution in [0.1, 0.15) is 69.5 Å². The molecule has 6 heteroatoms. The second-order valence-corrected chi connectivity index (χ2v) is 11.1. The second kappa shape index (κ2) is 9.74. The fourth-order valence-corrected chi connectivity index (χ4v) is 6.90. The maximum absolute atomic E-state index is 12.8. The Labute approximate surface area is 213 Å². The van der Waals surface area contributed by atoms with Crippen LogP contribution in [0.15, 0.2) is 54.6 Å². The number of aromatic nitrogens is 1. The van der Waals surface area contributed by atoms with Crippen molar-refractivity contribution in [3.05, 3.63) is 65.7 Å². The Morgan fingerprint density at radius 2 is 1.81 bits per heavy atom. The van der Waals surface area contributed by atoms with Gasteiger partial charge in [0.1, 0.15) is 5.82 Å². The molecule has 3 atom stereocenters. The summed E-state index contributed by atoms with van der Waals surface area (Å²) in [6, 6.07) is 20.9. The van der Waals surface area contributed by atoms with Crippen molar-refractivity contribution >= 4 is 28.4 Å². The third-order valence-electron chi connectivity index (χ3n) is 8.36. The number of nitrogens with zero attached hydrogens (tertiary/aromatic N) is 2. The lowest BCUT2D eigenvalue weighted by atomic mass is 9.81. The van der Waals surface area contributed by atoms with Crippen LogP contribution in [0.2, 0.25) is 0 Å². The first-order valence-electron chi connectivity index (χ1n) is 13.6. The van der Waals surface area contributed by atoms with Gasteiger partial charge in [-0.3, -0.25) is 4.90 Å². The van der Waals surface area contributed by atoms with E-state index < -0.39 is 0 Å². The van der Waals surface area contributed by atoms with Crippen LogP contribution in [0, 0.1) is 0 Å². The van der Waals surface area contributed by atoms with E-state index >= 15 is 0 Å². The van der Waals surface area contributed by atoms with Crippen molar-refractivity contribution in [2.45, 2.75) is 89.0 Å². The lowest BCUT2D eigenvalue weighted by Crippen LogP contribution is -2.59. The van der Waals surface area contributed by atoms with Gasteiger partial charge >= 0.3 is 6.03 Å². The fraction of sp³-hybridized carbons (Fsp3) is 0.467. The molecule has 3 heterocycles. The van der Waals surface area contributed by atoms with Gasteiger partial charge in [0, 0.05) is 35.2 Å². The number of carbonyl (C=O) groups excluding carboxylic acids is 1. The summed E-state index contributed by atoms with van der Waals surface area (Å²) in [7, 11) is 0. The first-order valence-corrected chi connectivity index (χ1v) is 13.6. The lowest BCUT2D eigenvalue weighted by Gasteiger charge is -2.51. The number of piperidine rings is 2. The van der Waals surface area contributed by atoms with Gasteiger partial charge in [0.25, 0.3) is 0 Å². The number of aryl methyl sites for hydroxylation is 1. The summed E-state index contributed by atoms with van der Waals surface area (Å²) < 4.78 is 0. The molecule has 0 saturated carbocycles. The molecule has 36 heavy (non-hydrogen) atoms. The highest BCUT2D eigenvalue weighted by atomic mass is 16.2. The molecule has 2 bridgehead atoms. The molecule has 2 amide bonds. The molecule has 188 valence electrons. The maximum Gasteiger partial charge on any atom is 0.319 e. The zero-order valence-electron chi connectivity index (χ0n) is 21.3. The quantitative estimate of drug-likeness (QED) is 0.401. The average Bonchev–Trinajstić information content (AvgIpc) is 3.26. The third-order valence-corrected chi connectivity index (χ3v) is 8.36. The molecule has 2 aromatic carbocycles. The monoisotopic (exact) mass is 483 g/mol. The molecule has 0 radical (unpaired) electrons. The minimum absolute atomic E-state index is 0.110. The predicted molar refractivity (Wildman–Crippen MR) is 146 cm³/mol. The largest absolute Gasteiger partial charge is 0.363 e. The van der Waals surface area contributed by atoms with E-state index in [0.29, 0.717) is 24.2 Å². The maximum atomic E-state index is 12.8. The molecule has 1 aliphatic carbocycles. The topological polar surface area (TPSA) is 69.3 Å². The van der Waals surface area contributed by atoms with Crippen molar-refractivity contribution in [3.63, 3.8) is 0 Å². The molecule has 2 saturated heterocycles. The Balaban J connectivity index is 1.08. The zero-order chi connectivity index (χ0) is 24.6. The van der Waals surface area contributed by atoms with Gasteiger partial charge in [-0.15, -0.1) is 0 Å². The van der Waals surface area contributed by atoms with Crippen LogP contribution in [-0.4, -0.2) is 40.1 Å². The van der Waals surface area contributed by atoms with Crippen molar-refractivity contribution in [1.82, 2.24) is 15.2 Å². The summed E-state index contributed by atoms with van der Waals surface area (Å²) in [5.74, 6) is 0.890. The van der Waals surface area contributed by atoms with Crippen molar-refractivity contribution in [3.8, 4) is 0 Å². The van der Waals surface area contributed by atoms with E-state index in [1.165, 1.54) is 30.4 Å². The number of anilines is 2. The fourth-order valence-electron chi connectivity index (χ4n) is 6.90. The number of hydrogen-bond donors (Lipinski definition) is 3. The number of benzene rings is 2. The number of pyridine rings is 1. The van der Waals surface area contributed by atoms with E-state index in [1.807, 2.05) is 24.3 Å². The first-order chi connectivity index (χ1) is 17.5. The van der Waals surface area contributed by atoms with Crippen molar-refractivity contribution in [1.29, 1.82) is 0 Å². The Hall–Kier alpha value is -3.12. The van der Waals surface area contributed by atoms with Crippen molar-refractivity contribution < 1.29 is 4.79 Å². The van der Waals surface area contributed by atoms with E-state index in [4.69, 9.17) is 4.98 Å². The van der Waals surface area contributed by atoms with Gasteiger partial charge < -0.3 is 16.0 Å². The second-order valence-electron chi connectivity index (χ2n) is 11.1. The van der Waals surface area contributed by atoms with Gasteiger partial charge in [-0.05, 0) is 93.8 Å². The van der Waals surface area contributed by atoms with Crippen LogP contribution in [0.5, 0.6) is 0 Å². The average molecular weight is 484 g/mol. The highest BCUT2D eigenvalue weighted by Crippen LogP contribution is 2.36. The van der Waals surface area contributed by atoms with E-state index in [0.717, 1.165) is 48.1 Å². The molecule has 3 N–H and O–H groups in total. The first kappa shape index (κ1) is 23.3. The van der Waals surface area contributed by atoms with E-state index in [-0.39, 0.29) is 12.1 Å². The zero-order valence-corrected chi connectivity index (χ0v) is 21.3.